The minimum atomic E-state index is -0.997. The summed E-state index contributed by atoms with van der Waals surface area (Å²) >= 11 is 7.67. The standard InChI is InChI=1S/C22H23ClN4O3S/c23-17-11-19-18(9-15(17)12-24)26-31-21-10-14(22(28)29)4-5-20(21)30-8-6-25-13-16-3-1-2-7-27(16)19/h4-5,9-11,16,25-26H,1-3,6-8,13H2,(H,28,29). The number of anilines is 2. The van der Waals surface area contributed by atoms with Crippen LogP contribution in [0.4, 0.5) is 11.4 Å². The molecule has 2 aliphatic heterocycles. The lowest BCUT2D eigenvalue weighted by atomic mass is 10.00. The van der Waals surface area contributed by atoms with E-state index in [-0.39, 0.29) is 5.56 Å². The molecule has 31 heavy (non-hydrogen) atoms. The van der Waals surface area contributed by atoms with Crippen molar-refractivity contribution in [2.75, 3.05) is 35.9 Å². The number of nitrogens with zero attached hydrogens (tertiary/aromatic N) is 2. The third-order valence-electron chi connectivity index (χ3n) is 5.52. The summed E-state index contributed by atoms with van der Waals surface area (Å²) in [7, 11) is 0. The van der Waals surface area contributed by atoms with E-state index >= 15 is 0 Å². The Morgan fingerprint density at radius 3 is 3.00 bits per heavy atom. The monoisotopic (exact) mass is 458 g/mol. The number of hydrogen-bond acceptors (Lipinski definition) is 7. The molecule has 1 unspecified atom stereocenters. The number of piperidine rings is 1. The first-order chi connectivity index (χ1) is 15.1. The summed E-state index contributed by atoms with van der Waals surface area (Å²) in [5.74, 6) is -0.389. The van der Waals surface area contributed by atoms with Crippen LogP contribution in [0.15, 0.2) is 35.2 Å². The van der Waals surface area contributed by atoms with Gasteiger partial charge >= 0.3 is 5.97 Å². The van der Waals surface area contributed by atoms with Crippen molar-refractivity contribution in [1.82, 2.24) is 5.32 Å². The molecule has 0 bridgehead atoms. The first-order valence-corrected chi connectivity index (χ1v) is 11.4. The number of nitriles is 1. The number of benzene rings is 2. The number of halogens is 1. The zero-order chi connectivity index (χ0) is 21.8. The number of rotatable bonds is 1. The van der Waals surface area contributed by atoms with Gasteiger partial charge in [0.15, 0.2) is 0 Å². The smallest absolute Gasteiger partial charge is 0.335 e. The first-order valence-electron chi connectivity index (χ1n) is 10.2. The number of carboxylic acids is 1. The molecule has 2 aliphatic rings. The first kappa shape index (κ1) is 21.6. The van der Waals surface area contributed by atoms with Gasteiger partial charge in [-0.05, 0) is 61.5 Å². The van der Waals surface area contributed by atoms with Gasteiger partial charge in [0, 0.05) is 25.7 Å². The van der Waals surface area contributed by atoms with Crippen molar-refractivity contribution in [3.8, 4) is 11.8 Å². The molecule has 2 aromatic rings. The summed E-state index contributed by atoms with van der Waals surface area (Å²) in [6, 6.07) is 10.9. The molecule has 0 spiro atoms. The van der Waals surface area contributed by atoms with Gasteiger partial charge in [-0.2, -0.15) is 5.26 Å². The zero-order valence-corrected chi connectivity index (χ0v) is 18.4. The largest absolute Gasteiger partial charge is 0.491 e. The average Bonchev–Trinajstić information content (AvgIpc) is 2.79. The fourth-order valence-corrected chi connectivity index (χ4v) is 4.95. The maximum absolute atomic E-state index is 11.4. The van der Waals surface area contributed by atoms with E-state index in [0.717, 1.165) is 37.3 Å². The van der Waals surface area contributed by atoms with Gasteiger partial charge in [-0.15, -0.1) is 0 Å². The summed E-state index contributed by atoms with van der Waals surface area (Å²) in [4.78, 5) is 14.5. The topological polar surface area (TPSA) is 97.6 Å². The highest BCUT2D eigenvalue weighted by atomic mass is 35.5. The van der Waals surface area contributed by atoms with Gasteiger partial charge in [0.25, 0.3) is 0 Å². The van der Waals surface area contributed by atoms with E-state index in [9.17, 15) is 15.2 Å². The van der Waals surface area contributed by atoms with E-state index in [2.05, 4.69) is 21.0 Å². The van der Waals surface area contributed by atoms with Crippen molar-refractivity contribution in [1.29, 1.82) is 5.26 Å². The average molecular weight is 459 g/mol. The molecule has 2 aromatic carbocycles. The molecule has 1 fully saturated rings. The van der Waals surface area contributed by atoms with Crippen molar-refractivity contribution < 1.29 is 14.6 Å². The van der Waals surface area contributed by atoms with Gasteiger partial charge in [0.05, 0.1) is 32.4 Å². The summed E-state index contributed by atoms with van der Waals surface area (Å²) in [6.07, 6.45) is 3.33. The quantitative estimate of drug-likeness (QED) is 0.542. The van der Waals surface area contributed by atoms with E-state index in [1.165, 1.54) is 24.4 Å². The van der Waals surface area contributed by atoms with Crippen LogP contribution in [-0.2, 0) is 0 Å². The van der Waals surface area contributed by atoms with Gasteiger partial charge in [-0.1, -0.05) is 11.6 Å². The van der Waals surface area contributed by atoms with Crippen LogP contribution in [0.5, 0.6) is 5.75 Å². The van der Waals surface area contributed by atoms with Crippen LogP contribution >= 0.6 is 23.5 Å². The molecule has 0 saturated carbocycles. The van der Waals surface area contributed by atoms with Gasteiger partial charge in [-0.25, -0.2) is 4.79 Å². The maximum atomic E-state index is 11.4. The van der Waals surface area contributed by atoms with E-state index in [1.54, 1.807) is 18.2 Å². The molecule has 0 amide bonds. The molecule has 0 radical (unpaired) electrons. The highest BCUT2D eigenvalue weighted by Crippen LogP contribution is 2.39. The third-order valence-corrected chi connectivity index (χ3v) is 6.69. The fourth-order valence-electron chi connectivity index (χ4n) is 3.95. The van der Waals surface area contributed by atoms with Crippen LogP contribution in [0.1, 0.15) is 35.2 Å². The van der Waals surface area contributed by atoms with Gasteiger partial charge < -0.3 is 24.8 Å². The number of aromatic carboxylic acids is 1. The van der Waals surface area contributed by atoms with Crippen LogP contribution < -0.4 is 19.7 Å². The number of carboxylic acid groups (broad SMARTS) is 1. The Morgan fingerprint density at radius 2 is 2.19 bits per heavy atom. The van der Waals surface area contributed by atoms with Gasteiger partial charge in [0.2, 0.25) is 0 Å². The molecule has 1 atom stereocenters. The summed E-state index contributed by atoms with van der Waals surface area (Å²) in [5.41, 5.74) is 2.28. The Bertz CT molecular complexity index is 1030. The molecule has 7 nitrogen and oxygen atoms in total. The predicted octanol–water partition coefficient (Wildman–Crippen LogP) is 4.37. The van der Waals surface area contributed by atoms with E-state index in [4.69, 9.17) is 16.3 Å². The molecular formula is C22H23ClN4O3S. The third kappa shape index (κ3) is 4.85. The van der Waals surface area contributed by atoms with E-state index in [0.29, 0.717) is 40.4 Å². The Labute approximate surface area is 190 Å². The number of fused-ring (bicyclic) bond motifs is 4. The molecular weight excluding hydrogens is 436 g/mol. The van der Waals surface area contributed by atoms with Crippen molar-refractivity contribution >= 4 is 40.9 Å². The second kappa shape index (κ2) is 9.69. The fraction of sp³-hybridized carbons (Fsp3) is 0.364. The Kier molecular flexibility index (Phi) is 6.76. The van der Waals surface area contributed by atoms with Crippen molar-refractivity contribution in [2.24, 2.45) is 0 Å². The number of carbonyl (C=O) groups is 1. The van der Waals surface area contributed by atoms with Crippen LogP contribution in [0, 0.1) is 11.3 Å². The number of ether oxygens (including phenoxy) is 1. The predicted molar refractivity (Wildman–Crippen MR) is 122 cm³/mol. The molecule has 2 heterocycles. The highest BCUT2D eigenvalue weighted by molar-refractivity contribution is 8.00. The van der Waals surface area contributed by atoms with Crippen molar-refractivity contribution in [3.63, 3.8) is 0 Å². The second-order valence-electron chi connectivity index (χ2n) is 7.53. The number of nitrogens with one attached hydrogen (secondary N) is 2. The molecule has 0 aromatic heterocycles. The second-order valence-corrected chi connectivity index (χ2v) is 8.78. The lowest BCUT2D eigenvalue weighted by molar-refractivity contribution is 0.0696. The lowest BCUT2D eigenvalue weighted by Gasteiger charge is -2.39. The molecule has 1 saturated heterocycles. The summed E-state index contributed by atoms with van der Waals surface area (Å²) in [5, 5.41) is 22.8. The summed E-state index contributed by atoms with van der Waals surface area (Å²) in [6.45, 7) is 2.89. The van der Waals surface area contributed by atoms with Gasteiger partial charge in [-0.3, -0.25) is 0 Å². The molecule has 4 rings (SSSR count). The molecule has 162 valence electrons. The minimum Gasteiger partial charge on any atom is -0.491 e. The Balaban J connectivity index is 1.76. The zero-order valence-electron chi connectivity index (χ0n) is 16.9. The SMILES string of the molecule is N#Cc1cc2c(cc1Cl)N1CCCCC1CNCCOc1ccc(C(=O)O)cc1SN2. The highest BCUT2D eigenvalue weighted by Gasteiger charge is 2.26. The van der Waals surface area contributed by atoms with Crippen LogP contribution in [0.25, 0.3) is 0 Å². The molecule has 9 heteroatoms. The van der Waals surface area contributed by atoms with Crippen molar-refractivity contribution in [3.05, 3.63) is 46.5 Å². The normalized spacial score (nSPS) is 19.0. The maximum Gasteiger partial charge on any atom is 0.335 e. The van der Waals surface area contributed by atoms with E-state index in [1.807, 2.05) is 6.07 Å². The molecule has 3 N–H and O–H groups in total. The Morgan fingerprint density at radius 1 is 1.32 bits per heavy atom. The number of hydrogen-bond donors (Lipinski definition) is 3. The van der Waals surface area contributed by atoms with Crippen LogP contribution in [0.2, 0.25) is 5.02 Å². The molecule has 0 aliphatic carbocycles. The van der Waals surface area contributed by atoms with E-state index < -0.39 is 5.97 Å². The minimum absolute atomic E-state index is 0.184. The van der Waals surface area contributed by atoms with Crippen molar-refractivity contribution in [2.45, 2.75) is 30.2 Å². The Hall–Kier alpha value is -2.60. The summed E-state index contributed by atoms with van der Waals surface area (Å²) < 4.78 is 9.25. The lowest BCUT2D eigenvalue weighted by Crippen LogP contribution is -2.46. The van der Waals surface area contributed by atoms with Gasteiger partial charge in [0.1, 0.15) is 18.4 Å². The van der Waals surface area contributed by atoms with Crippen LogP contribution in [0.3, 0.4) is 0 Å². The van der Waals surface area contributed by atoms with Crippen LogP contribution in [-0.4, -0.2) is 43.4 Å².